The Morgan fingerprint density at radius 1 is 1.46 bits per heavy atom. The molecule has 0 amide bonds. The molecule has 3 N–H and O–H groups in total. The molecule has 0 bridgehead atoms. The van der Waals surface area contributed by atoms with E-state index in [0.29, 0.717) is 11.9 Å². The average Bonchev–Trinajstić information content (AvgIpc) is 2.12. The first kappa shape index (κ1) is 12.2. The molecule has 0 aromatic heterocycles. The van der Waals surface area contributed by atoms with Crippen LogP contribution in [0.2, 0.25) is 0 Å². The lowest BCUT2D eigenvalue weighted by molar-refractivity contribution is 0.193. The molecule has 0 heterocycles. The molecule has 0 radical (unpaired) electrons. The Kier molecular flexibility index (Phi) is 5.46. The summed E-state index contributed by atoms with van der Waals surface area (Å²) in [5.74, 6) is 0.304. The van der Waals surface area contributed by atoms with E-state index in [1.807, 2.05) is 6.92 Å². The Balaban J connectivity index is 4.52. The molecule has 0 aromatic rings. The second-order valence-corrected chi connectivity index (χ2v) is 3.37. The molecule has 0 spiro atoms. The summed E-state index contributed by atoms with van der Waals surface area (Å²) in [4.78, 5) is 2.20. The maximum Gasteiger partial charge on any atom is 0.156 e. The minimum Gasteiger partial charge on any atom is -0.409 e. The molecule has 0 saturated heterocycles. The van der Waals surface area contributed by atoms with Gasteiger partial charge in [0, 0.05) is 6.04 Å². The minimum atomic E-state index is 0.0509. The highest BCUT2D eigenvalue weighted by atomic mass is 16.4. The van der Waals surface area contributed by atoms with Crippen LogP contribution in [0.25, 0.3) is 0 Å². The van der Waals surface area contributed by atoms with Crippen molar-refractivity contribution in [2.45, 2.75) is 46.2 Å². The molecule has 0 aromatic carbocycles. The van der Waals surface area contributed by atoms with Gasteiger partial charge in [0.2, 0.25) is 0 Å². The number of nitrogens with zero attached hydrogens (tertiary/aromatic N) is 2. The molecule has 0 aliphatic heterocycles. The summed E-state index contributed by atoms with van der Waals surface area (Å²) in [5.41, 5.74) is 5.60. The van der Waals surface area contributed by atoms with Crippen LogP contribution in [0.5, 0.6) is 0 Å². The summed E-state index contributed by atoms with van der Waals surface area (Å²) in [5, 5.41) is 11.7. The van der Waals surface area contributed by atoms with Gasteiger partial charge in [-0.3, -0.25) is 4.90 Å². The van der Waals surface area contributed by atoms with Gasteiger partial charge in [-0.05, 0) is 26.8 Å². The van der Waals surface area contributed by atoms with Gasteiger partial charge in [0.15, 0.2) is 5.84 Å². The second-order valence-electron chi connectivity index (χ2n) is 3.37. The zero-order chi connectivity index (χ0) is 10.4. The molecule has 13 heavy (non-hydrogen) atoms. The lowest BCUT2D eigenvalue weighted by atomic mass is 10.1. The zero-order valence-electron chi connectivity index (χ0n) is 8.99. The van der Waals surface area contributed by atoms with E-state index in [-0.39, 0.29) is 6.04 Å². The fraction of sp³-hybridized carbons (Fsp3) is 0.889. The maximum atomic E-state index is 8.60. The minimum absolute atomic E-state index is 0.0509. The van der Waals surface area contributed by atoms with Crippen molar-refractivity contribution in [1.82, 2.24) is 4.90 Å². The van der Waals surface area contributed by atoms with Gasteiger partial charge in [0.25, 0.3) is 0 Å². The van der Waals surface area contributed by atoms with Gasteiger partial charge in [-0.25, -0.2) is 0 Å². The number of hydrogen-bond donors (Lipinski definition) is 2. The second kappa shape index (κ2) is 5.80. The molecule has 0 saturated carbocycles. The van der Waals surface area contributed by atoms with Gasteiger partial charge in [-0.15, -0.1) is 0 Å². The van der Waals surface area contributed by atoms with Crippen LogP contribution in [-0.4, -0.2) is 34.6 Å². The molecule has 0 aliphatic rings. The third-order valence-electron chi connectivity index (χ3n) is 2.27. The van der Waals surface area contributed by atoms with Crippen LogP contribution in [0.1, 0.15) is 34.1 Å². The topological polar surface area (TPSA) is 61.9 Å². The lowest BCUT2D eigenvalue weighted by Gasteiger charge is -2.32. The van der Waals surface area contributed by atoms with Gasteiger partial charge in [0.05, 0.1) is 6.04 Å². The van der Waals surface area contributed by atoms with Crippen LogP contribution >= 0.6 is 0 Å². The first-order chi connectivity index (χ1) is 6.08. The quantitative estimate of drug-likeness (QED) is 0.294. The van der Waals surface area contributed by atoms with Crippen LogP contribution in [0.4, 0.5) is 0 Å². The van der Waals surface area contributed by atoms with Crippen molar-refractivity contribution in [3.63, 3.8) is 0 Å². The van der Waals surface area contributed by atoms with Gasteiger partial charge in [0.1, 0.15) is 0 Å². The third kappa shape index (κ3) is 3.22. The van der Waals surface area contributed by atoms with Crippen LogP contribution in [-0.2, 0) is 0 Å². The number of amidine groups is 1. The van der Waals surface area contributed by atoms with Crippen LogP contribution in [0, 0.1) is 0 Å². The fourth-order valence-electron chi connectivity index (χ4n) is 1.63. The predicted octanol–water partition coefficient (Wildman–Crippen LogP) is 1.24. The number of rotatable bonds is 5. The molecule has 0 rings (SSSR count). The number of hydrogen-bond acceptors (Lipinski definition) is 3. The van der Waals surface area contributed by atoms with E-state index in [2.05, 4.69) is 30.8 Å². The summed E-state index contributed by atoms with van der Waals surface area (Å²) < 4.78 is 0. The van der Waals surface area contributed by atoms with Crippen molar-refractivity contribution >= 4 is 5.84 Å². The third-order valence-corrected chi connectivity index (χ3v) is 2.27. The maximum absolute atomic E-state index is 8.60. The Bertz CT molecular complexity index is 168. The summed E-state index contributed by atoms with van der Waals surface area (Å²) in [6, 6.07) is 0.463. The standard InChI is InChI=1S/C9H21N3O/c1-5-8(9(10)11-13)12(6-2)7(3)4/h7-8,13H,5-6H2,1-4H3,(H2,10,11). The monoisotopic (exact) mass is 187 g/mol. The van der Waals surface area contributed by atoms with E-state index in [1.54, 1.807) is 0 Å². The van der Waals surface area contributed by atoms with E-state index in [4.69, 9.17) is 10.9 Å². The van der Waals surface area contributed by atoms with Gasteiger partial charge in [-0.2, -0.15) is 0 Å². The summed E-state index contributed by atoms with van der Waals surface area (Å²) in [7, 11) is 0. The van der Waals surface area contributed by atoms with Gasteiger partial charge in [-0.1, -0.05) is 19.0 Å². The largest absolute Gasteiger partial charge is 0.409 e. The van der Waals surface area contributed by atoms with Crippen molar-refractivity contribution in [2.24, 2.45) is 10.9 Å². The number of likely N-dealkylation sites (N-methyl/N-ethyl adjacent to an activating group) is 1. The Hall–Kier alpha value is -0.770. The molecule has 0 aliphatic carbocycles. The summed E-state index contributed by atoms with van der Waals surface area (Å²) >= 11 is 0. The zero-order valence-corrected chi connectivity index (χ0v) is 8.99. The van der Waals surface area contributed by atoms with Crippen LogP contribution in [0.15, 0.2) is 5.16 Å². The highest BCUT2D eigenvalue weighted by Crippen LogP contribution is 2.08. The van der Waals surface area contributed by atoms with Crippen molar-refractivity contribution in [1.29, 1.82) is 0 Å². The molecular weight excluding hydrogens is 166 g/mol. The molecule has 4 heteroatoms. The van der Waals surface area contributed by atoms with Gasteiger partial charge < -0.3 is 10.9 Å². The van der Waals surface area contributed by atoms with Crippen molar-refractivity contribution in [2.75, 3.05) is 6.54 Å². The lowest BCUT2D eigenvalue weighted by Crippen LogP contribution is -2.47. The Morgan fingerprint density at radius 2 is 2.00 bits per heavy atom. The summed E-state index contributed by atoms with van der Waals surface area (Å²) in [6.45, 7) is 9.24. The fourth-order valence-corrected chi connectivity index (χ4v) is 1.63. The Labute approximate surface area is 80.4 Å². The molecule has 78 valence electrons. The molecule has 4 nitrogen and oxygen atoms in total. The average molecular weight is 187 g/mol. The van der Waals surface area contributed by atoms with E-state index >= 15 is 0 Å². The van der Waals surface area contributed by atoms with E-state index in [9.17, 15) is 0 Å². The Morgan fingerprint density at radius 3 is 2.23 bits per heavy atom. The van der Waals surface area contributed by atoms with Crippen molar-refractivity contribution in [3.8, 4) is 0 Å². The number of oxime groups is 1. The smallest absolute Gasteiger partial charge is 0.156 e. The predicted molar refractivity (Wildman–Crippen MR) is 55.0 cm³/mol. The molecular formula is C9H21N3O. The highest BCUT2D eigenvalue weighted by molar-refractivity contribution is 5.85. The van der Waals surface area contributed by atoms with Crippen molar-refractivity contribution in [3.05, 3.63) is 0 Å². The van der Waals surface area contributed by atoms with E-state index < -0.39 is 0 Å². The molecule has 1 unspecified atom stereocenters. The highest BCUT2D eigenvalue weighted by Gasteiger charge is 2.21. The van der Waals surface area contributed by atoms with E-state index in [1.165, 1.54) is 0 Å². The molecule has 1 atom stereocenters. The van der Waals surface area contributed by atoms with Crippen LogP contribution in [0.3, 0.4) is 0 Å². The first-order valence-corrected chi connectivity index (χ1v) is 4.81. The van der Waals surface area contributed by atoms with Crippen LogP contribution < -0.4 is 5.73 Å². The summed E-state index contributed by atoms with van der Waals surface area (Å²) in [6.07, 6.45) is 0.863. The molecule has 0 fully saturated rings. The first-order valence-electron chi connectivity index (χ1n) is 4.81. The van der Waals surface area contributed by atoms with E-state index in [0.717, 1.165) is 13.0 Å². The number of nitrogens with two attached hydrogens (primary N) is 1. The normalized spacial score (nSPS) is 15.4. The SMILES string of the molecule is CCC(C(N)=NO)N(CC)C(C)C. The van der Waals surface area contributed by atoms with Gasteiger partial charge >= 0.3 is 0 Å². The van der Waals surface area contributed by atoms with Crippen molar-refractivity contribution < 1.29 is 5.21 Å².